The molecule has 0 aliphatic carbocycles. The van der Waals surface area contributed by atoms with Crippen LogP contribution in [-0.4, -0.2) is 33.4 Å². The minimum absolute atomic E-state index is 0.404. The second kappa shape index (κ2) is 5.46. The minimum Gasteiger partial charge on any atom is -0.381 e. The maximum Gasteiger partial charge on any atom is 0.178 e. The van der Waals surface area contributed by atoms with Crippen molar-refractivity contribution in [1.82, 2.24) is 20.2 Å². The van der Waals surface area contributed by atoms with E-state index in [4.69, 9.17) is 4.74 Å². The summed E-state index contributed by atoms with van der Waals surface area (Å²) in [4.78, 5) is 1.67. The molecular formula is C11H13BrN4OS. The van der Waals surface area contributed by atoms with Gasteiger partial charge in [-0.3, -0.25) is 0 Å². The van der Waals surface area contributed by atoms with Gasteiger partial charge in [-0.05, 0) is 51.0 Å². The van der Waals surface area contributed by atoms with E-state index in [1.54, 1.807) is 16.1 Å². The lowest BCUT2D eigenvalue weighted by molar-refractivity contribution is 0.0835. The summed E-state index contributed by atoms with van der Waals surface area (Å²) in [6, 6.07) is 2.09. The molecule has 5 nitrogen and oxygen atoms in total. The summed E-state index contributed by atoms with van der Waals surface area (Å²) in [5.74, 6) is 1.26. The molecule has 2 aromatic heterocycles. The van der Waals surface area contributed by atoms with Gasteiger partial charge in [-0.15, -0.1) is 21.5 Å². The fraction of sp³-hybridized carbons (Fsp3) is 0.545. The van der Waals surface area contributed by atoms with E-state index in [2.05, 4.69) is 42.8 Å². The standard InChI is InChI=1S/C11H13BrN4OS/c12-10-5-8(7-18-10)6-16-14-11(13-15-16)9-1-3-17-4-2-9/h5,7,9H,1-4,6H2. The second-order valence-corrected chi connectivity index (χ2v) is 6.61. The molecule has 1 aliphatic rings. The van der Waals surface area contributed by atoms with Crippen molar-refractivity contribution in [2.24, 2.45) is 0 Å². The SMILES string of the molecule is Brc1cc(Cn2nnc(C3CCOCC3)n2)cs1. The third kappa shape index (κ3) is 2.78. The Morgan fingerprint density at radius 3 is 3.00 bits per heavy atom. The van der Waals surface area contributed by atoms with Crippen LogP contribution in [0.25, 0.3) is 0 Å². The highest BCUT2D eigenvalue weighted by Crippen LogP contribution is 2.24. The first-order chi connectivity index (χ1) is 8.81. The first-order valence-electron chi connectivity index (χ1n) is 5.89. The van der Waals surface area contributed by atoms with Crippen molar-refractivity contribution >= 4 is 27.3 Å². The summed E-state index contributed by atoms with van der Waals surface area (Å²) >= 11 is 5.12. The van der Waals surface area contributed by atoms with Crippen LogP contribution in [0.4, 0.5) is 0 Å². The Balaban J connectivity index is 1.69. The van der Waals surface area contributed by atoms with E-state index in [-0.39, 0.29) is 0 Å². The highest BCUT2D eigenvalue weighted by molar-refractivity contribution is 9.11. The summed E-state index contributed by atoms with van der Waals surface area (Å²) in [6.45, 7) is 2.28. The Labute approximate surface area is 117 Å². The molecule has 0 N–H and O–H groups in total. The molecule has 0 spiro atoms. The zero-order valence-electron chi connectivity index (χ0n) is 9.75. The van der Waals surface area contributed by atoms with E-state index < -0.39 is 0 Å². The number of nitrogens with zero attached hydrogens (tertiary/aromatic N) is 4. The first-order valence-corrected chi connectivity index (χ1v) is 7.57. The van der Waals surface area contributed by atoms with E-state index in [9.17, 15) is 0 Å². The molecule has 0 unspecified atom stereocenters. The van der Waals surface area contributed by atoms with Gasteiger partial charge in [0, 0.05) is 19.1 Å². The zero-order valence-corrected chi connectivity index (χ0v) is 12.2. The largest absolute Gasteiger partial charge is 0.381 e. The van der Waals surface area contributed by atoms with Crippen LogP contribution < -0.4 is 0 Å². The molecule has 1 aliphatic heterocycles. The molecular weight excluding hydrogens is 316 g/mol. The Hall–Kier alpha value is -0.790. The van der Waals surface area contributed by atoms with Crippen LogP contribution >= 0.6 is 27.3 Å². The summed E-state index contributed by atoms with van der Waals surface area (Å²) in [5.41, 5.74) is 1.20. The molecule has 3 rings (SSSR count). The average Bonchev–Trinajstić information content (AvgIpc) is 3.01. The van der Waals surface area contributed by atoms with Gasteiger partial charge in [-0.2, -0.15) is 4.80 Å². The van der Waals surface area contributed by atoms with Crippen LogP contribution in [0.5, 0.6) is 0 Å². The Morgan fingerprint density at radius 2 is 2.28 bits per heavy atom. The van der Waals surface area contributed by atoms with Crippen LogP contribution in [0, 0.1) is 0 Å². The number of hydrogen-bond acceptors (Lipinski definition) is 5. The highest BCUT2D eigenvalue weighted by Gasteiger charge is 2.20. The van der Waals surface area contributed by atoms with Crippen molar-refractivity contribution < 1.29 is 4.74 Å². The molecule has 3 heterocycles. The van der Waals surface area contributed by atoms with Gasteiger partial charge in [0.1, 0.15) is 0 Å². The predicted octanol–water partition coefficient (Wildman–Crippen LogP) is 2.44. The van der Waals surface area contributed by atoms with Gasteiger partial charge in [0.25, 0.3) is 0 Å². The van der Waals surface area contributed by atoms with E-state index in [1.807, 2.05) is 0 Å². The first kappa shape index (κ1) is 12.3. The molecule has 1 saturated heterocycles. The average molecular weight is 329 g/mol. The van der Waals surface area contributed by atoms with Gasteiger partial charge in [0.2, 0.25) is 0 Å². The molecule has 18 heavy (non-hydrogen) atoms. The van der Waals surface area contributed by atoms with Crippen molar-refractivity contribution in [3.63, 3.8) is 0 Å². The Morgan fingerprint density at radius 1 is 1.44 bits per heavy atom. The smallest absolute Gasteiger partial charge is 0.178 e. The van der Waals surface area contributed by atoms with Gasteiger partial charge >= 0.3 is 0 Å². The third-order valence-corrected chi connectivity index (χ3v) is 4.55. The number of rotatable bonds is 3. The molecule has 0 atom stereocenters. The summed E-state index contributed by atoms with van der Waals surface area (Å²) < 4.78 is 6.47. The van der Waals surface area contributed by atoms with Crippen LogP contribution in [0.3, 0.4) is 0 Å². The van der Waals surface area contributed by atoms with Crippen molar-refractivity contribution in [1.29, 1.82) is 0 Å². The fourth-order valence-electron chi connectivity index (χ4n) is 2.03. The van der Waals surface area contributed by atoms with Gasteiger partial charge in [-0.1, -0.05) is 0 Å². The molecule has 0 saturated carbocycles. The number of tetrazole rings is 1. The molecule has 1 fully saturated rings. The van der Waals surface area contributed by atoms with Crippen molar-refractivity contribution in [2.45, 2.75) is 25.3 Å². The number of halogens is 1. The van der Waals surface area contributed by atoms with Crippen LogP contribution in [0.1, 0.15) is 30.1 Å². The maximum absolute atomic E-state index is 5.34. The molecule has 2 aromatic rings. The fourth-order valence-corrected chi connectivity index (χ4v) is 3.23. The molecule has 0 radical (unpaired) electrons. The zero-order chi connectivity index (χ0) is 12.4. The quantitative estimate of drug-likeness (QED) is 0.868. The summed E-state index contributed by atoms with van der Waals surface area (Å²) in [7, 11) is 0. The third-order valence-electron chi connectivity index (χ3n) is 3.00. The number of thiophene rings is 1. The Bertz CT molecular complexity index is 521. The summed E-state index contributed by atoms with van der Waals surface area (Å²) in [5, 5.41) is 14.8. The second-order valence-electron chi connectivity index (χ2n) is 4.32. The van der Waals surface area contributed by atoms with Crippen molar-refractivity contribution in [3.05, 3.63) is 26.6 Å². The van der Waals surface area contributed by atoms with Gasteiger partial charge < -0.3 is 4.74 Å². The summed E-state index contributed by atoms with van der Waals surface area (Å²) in [6.07, 6.45) is 1.99. The van der Waals surface area contributed by atoms with Crippen LogP contribution in [0.15, 0.2) is 15.2 Å². The normalized spacial score (nSPS) is 17.2. The van der Waals surface area contributed by atoms with Crippen molar-refractivity contribution in [3.8, 4) is 0 Å². The number of aromatic nitrogens is 4. The lowest BCUT2D eigenvalue weighted by atomic mass is 10.00. The van der Waals surface area contributed by atoms with Crippen LogP contribution in [-0.2, 0) is 11.3 Å². The lowest BCUT2D eigenvalue weighted by Gasteiger charge is -2.18. The number of ether oxygens (including phenoxy) is 1. The predicted molar refractivity (Wildman–Crippen MR) is 71.7 cm³/mol. The van der Waals surface area contributed by atoms with E-state index >= 15 is 0 Å². The Kier molecular flexibility index (Phi) is 3.72. The monoisotopic (exact) mass is 328 g/mol. The molecule has 0 bridgehead atoms. The van der Waals surface area contributed by atoms with Crippen molar-refractivity contribution in [2.75, 3.05) is 13.2 Å². The van der Waals surface area contributed by atoms with E-state index in [0.29, 0.717) is 12.5 Å². The molecule has 7 heteroatoms. The maximum atomic E-state index is 5.34. The topological polar surface area (TPSA) is 52.8 Å². The van der Waals surface area contributed by atoms with Gasteiger partial charge in [0.15, 0.2) is 5.82 Å². The van der Waals surface area contributed by atoms with Gasteiger partial charge in [-0.25, -0.2) is 0 Å². The van der Waals surface area contributed by atoms with Crippen LogP contribution in [0.2, 0.25) is 0 Å². The molecule has 96 valence electrons. The molecule has 0 amide bonds. The molecule has 0 aromatic carbocycles. The van der Waals surface area contributed by atoms with E-state index in [0.717, 1.165) is 35.7 Å². The number of hydrogen-bond donors (Lipinski definition) is 0. The van der Waals surface area contributed by atoms with E-state index in [1.165, 1.54) is 5.56 Å². The van der Waals surface area contributed by atoms with Gasteiger partial charge in [0.05, 0.1) is 10.3 Å². The lowest BCUT2D eigenvalue weighted by Crippen LogP contribution is -2.15. The highest BCUT2D eigenvalue weighted by atomic mass is 79.9. The minimum atomic E-state index is 0.404.